The highest BCUT2D eigenvalue weighted by Crippen LogP contribution is 2.27. The Kier molecular flexibility index (Phi) is 5.40. The molecule has 0 spiro atoms. The lowest BCUT2D eigenvalue weighted by atomic mass is 10.1. The summed E-state index contributed by atoms with van der Waals surface area (Å²) in [4.78, 5) is 27.9. The molecule has 0 aromatic carbocycles. The highest BCUT2D eigenvalue weighted by atomic mass is 16.3. The fourth-order valence-corrected chi connectivity index (χ4v) is 3.48. The fourth-order valence-electron chi connectivity index (χ4n) is 3.48. The smallest absolute Gasteiger partial charge is 0.317 e. The van der Waals surface area contributed by atoms with Gasteiger partial charge in [0.05, 0.1) is 12.8 Å². The molecular formula is C17H26N4O3. The molecule has 1 aromatic rings. The lowest BCUT2D eigenvalue weighted by Crippen LogP contribution is -2.50. The molecule has 1 atom stereocenters. The minimum atomic E-state index is 0.0220. The van der Waals surface area contributed by atoms with Gasteiger partial charge in [-0.15, -0.1) is 0 Å². The van der Waals surface area contributed by atoms with Crippen molar-refractivity contribution in [3.63, 3.8) is 0 Å². The molecule has 1 aromatic heterocycles. The maximum absolute atomic E-state index is 12.4. The largest absolute Gasteiger partial charge is 0.469 e. The van der Waals surface area contributed by atoms with Crippen LogP contribution in [-0.2, 0) is 4.79 Å². The monoisotopic (exact) mass is 334 g/mol. The summed E-state index contributed by atoms with van der Waals surface area (Å²) in [7, 11) is 1.65. The van der Waals surface area contributed by atoms with Crippen LogP contribution in [0.15, 0.2) is 22.8 Å². The first-order valence-electron chi connectivity index (χ1n) is 8.67. The second kappa shape index (κ2) is 7.70. The van der Waals surface area contributed by atoms with E-state index in [1.165, 1.54) is 0 Å². The van der Waals surface area contributed by atoms with Gasteiger partial charge in [0, 0.05) is 45.2 Å². The molecule has 132 valence electrons. The quantitative estimate of drug-likeness (QED) is 0.861. The first kappa shape index (κ1) is 16.8. The van der Waals surface area contributed by atoms with Crippen LogP contribution >= 0.6 is 0 Å². The number of carbonyl (C=O) groups excluding carboxylic acids is 2. The van der Waals surface area contributed by atoms with E-state index in [2.05, 4.69) is 15.5 Å². The second-order valence-electron chi connectivity index (χ2n) is 6.62. The molecule has 0 saturated carbocycles. The Balaban J connectivity index is 1.41. The Bertz CT molecular complexity index is 552. The van der Waals surface area contributed by atoms with Crippen molar-refractivity contribution >= 4 is 11.9 Å². The van der Waals surface area contributed by atoms with Gasteiger partial charge in [-0.25, -0.2) is 4.79 Å². The van der Waals surface area contributed by atoms with Gasteiger partial charge in [-0.2, -0.15) is 0 Å². The van der Waals surface area contributed by atoms with Gasteiger partial charge in [-0.1, -0.05) is 0 Å². The zero-order chi connectivity index (χ0) is 16.9. The number of nitrogens with zero attached hydrogens (tertiary/aromatic N) is 2. The van der Waals surface area contributed by atoms with Gasteiger partial charge < -0.3 is 20.0 Å². The molecule has 0 aliphatic carbocycles. The second-order valence-corrected chi connectivity index (χ2v) is 6.62. The first-order valence-corrected chi connectivity index (χ1v) is 8.67. The highest BCUT2D eigenvalue weighted by molar-refractivity contribution is 5.77. The molecule has 3 heterocycles. The van der Waals surface area contributed by atoms with Crippen LogP contribution in [0.3, 0.4) is 0 Å². The van der Waals surface area contributed by atoms with Gasteiger partial charge in [0.25, 0.3) is 0 Å². The minimum absolute atomic E-state index is 0.0220. The van der Waals surface area contributed by atoms with Gasteiger partial charge in [0.2, 0.25) is 5.91 Å². The Labute approximate surface area is 142 Å². The molecule has 24 heavy (non-hydrogen) atoms. The molecule has 2 fully saturated rings. The van der Waals surface area contributed by atoms with Crippen LogP contribution in [0.2, 0.25) is 0 Å². The number of amides is 3. The van der Waals surface area contributed by atoms with Gasteiger partial charge in [-0.3, -0.25) is 9.69 Å². The summed E-state index contributed by atoms with van der Waals surface area (Å²) in [5.41, 5.74) is 0. The fraction of sp³-hybridized carbons (Fsp3) is 0.647. The molecule has 0 radical (unpaired) electrons. The number of likely N-dealkylation sites (tertiary alicyclic amines) is 2. The van der Waals surface area contributed by atoms with E-state index in [0.29, 0.717) is 12.5 Å². The first-order chi connectivity index (χ1) is 11.7. The average Bonchev–Trinajstić information content (AvgIpc) is 3.27. The molecule has 3 rings (SSSR count). The van der Waals surface area contributed by atoms with Crippen LogP contribution in [0.5, 0.6) is 0 Å². The van der Waals surface area contributed by atoms with Crippen LogP contribution < -0.4 is 10.6 Å². The summed E-state index contributed by atoms with van der Waals surface area (Å²) in [6.07, 6.45) is 4.41. The van der Waals surface area contributed by atoms with Crippen molar-refractivity contribution in [2.75, 3.05) is 39.8 Å². The minimum Gasteiger partial charge on any atom is -0.469 e. The van der Waals surface area contributed by atoms with Crippen molar-refractivity contribution in [3.05, 3.63) is 24.2 Å². The summed E-state index contributed by atoms with van der Waals surface area (Å²) in [5, 5.41) is 5.79. The van der Waals surface area contributed by atoms with Crippen LogP contribution in [0, 0.1) is 0 Å². The number of nitrogens with one attached hydrogen (secondary N) is 2. The number of hydrogen-bond acceptors (Lipinski definition) is 4. The van der Waals surface area contributed by atoms with Crippen LogP contribution in [0.25, 0.3) is 0 Å². The Morgan fingerprint density at radius 1 is 1.25 bits per heavy atom. The number of hydrogen-bond donors (Lipinski definition) is 2. The topological polar surface area (TPSA) is 77.8 Å². The number of rotatable bonds is 4. The third-order valence-corrected chi connectivity index (χ3v) is 4.98. The molecule has 1 unspecified atom stereocenters. The van der Waals surface area contributed by atoms with E-state index in [9.17, 15) is 9.59 Å². The third-order valence-electron chi connectivity index (χ3n) is 4.98. The maximum Gasteiger partial charge on any atom is 0.317 e. The maximum atomic E-state index is 12.4. The van der Waals surface area contributed by atoms with E-state index in [4.69, 9.17) is 4.42 Å². The lowest BCUT2D eigenvalue weighted by molar-refractivity contribution is -0.122. The van der Waals surface area contributed by atoms with E-state index >= 15 is 0 Å². The molecule has 7 heteroatoms. The number of likely N-dealkylation sites (N-methyl/N-ethyl adjacent to an activating group) is 1. The standard InChI is InChI=1S/C17H26N4O3/c1-18-16(22)12-20-7-5-14(6-8-20)19-17(23)21-9-4-13(11-21)15-3-2-10-24-15/h2-3,10,13-14H,4-9,11-12H2,1H3,(H,18,22)(H,19,23). The molecule has 2 aliphatic rings. The van der Waals surface area contributed by atoms with Crippen molar-refractivity contribution in [3.8, 4) is 0 Å². The van der Waals surface area contributed by atoms with Gasteiger partial charge in [0.15, 0.2) is 0 Å². The van der Waals surface area contributed by atoms with Crippen molar-refractivity contribution in [1.82, 2.24) is 20.4 Å². The van der Waals surface area contributed by atoms with Crippen molar-refractivity contribution in [2.45, 2.75) is 31.2 Å². The van der Waals surface area contributed by atoms with E-state index in [0.717, 1.165) is 51.2 Å². The van der Waals surface area contributed by atoms with Crippen molar-refractivity contribution in [2.24, 2.45) is 0 Å². The molecule has 2 aliphatic heterocycles. The van der Waals surface area contributed by atoms with E-state index in [1.807, 2.05) is 17.0 Å². The number of piperidine rings is 1. The highest BCUT2D eigenvalue weighted by Gasteiger charge is 2.30. The third kappa shape index (κ3) is 4.08. The predicted molar refractivity (Wildman–Crippen MR) is 89.7 cm³/mol. The van der Waals surface area contributed by atoms with Crippen molar-refractivity contribution < 1.29 is 14.0 Å². The Morgan fingerprint density at radius 3 is 2.71 bits per heavy atom. The van der Waals surface area contributed by atoms with Gasteiger partial charge >= 0.3 is 6.03 Å². The predicted octanol–water partition coefficient (Wildman–Crippen LogP) is 0.989. The molecule has 0 bridgehead atoms. The molecule has 2 N–H and O–H groups in total. The normalized spacial score (nSPS) is 22.5. The number of furan rings is 1. The Morgan fingerprint density at radius 2 is 2.04 bits per heavy atom. The van der Waals surface area contributed by atoms with Crippen LogP contribution in [0.1, 0.15) is 30.9 Å². The van der Waals surface area contributed by atoms with Crippen LogP contribution in [-0.4, -0.2) is 67.6 Å². The SMILES string of the molecule is CNC(=O)CN1CCC(NC(=O)N2CCC(c3ccco3)C2)CC1. The lowest BCUT2D eigenvalue weighted by Gasteiger charge is -2.32. The summed E-state index contributed by atoms with van der Waals surface area (Å²) >= 11 is 0. The summed E-state index contributed by atoms with van der Waals surface area (Å²) < 4.78 is 5.45. The molecule has 3 amide bonds. The average molecular weight is 334 g/mol. The number of urea groups is 1. The van der Waals surface area contributed by atoms with E-state index in [1.54, 1.807) is 13.3 Å². The summed E-state index contributed by atoms with van der Waals surface area (Å²) in [6.45, 7) is 3.61. The molecule has 2 saturated heterocycles. The van der Waals surface area contributed by atoms with E-state index in [-0.39, 0.29) is 18.0 Å². The molecule has 7 nitrogen and oxygen atoms in total. The zero-order valence-electron chi connectivity index (χ0n) is 14.2. The van der Waals surface area contributed by atoms with Gasteiger partial charge in [0.1, 0.15) is 5.76 Å². The zero-order valence-corrected chi connectivity index (χ0v) is 14.2. The van der Waals surface area contributed by atoms with E-state index < -0.39 is 0 Å². The summed E-state index contributed by atoms with van der Waals surface area (Å²) in [5.74, 6) is 1.31. The van der Waals surface area contributed by atoms with Crippen LogP contribution in [0.4, 0.5) is 4.79 Å². The Hall–Kier alpha value is -2.02. The molecular weight excluding hydrogens is 308 g/mol. The van der Waals surface area contributed by atoms with Gasteiger partial charge in [-0.05, 0) is 31.4 Å². The van der Waals surface area contributed by atoms with Crippen molar-refractivity contribution in [1.29, 1.82) is 0 Å². The number of carbonyl (C=O) groups is 2. The summed E-state index contributed by atoms with van der Waals surface area (Å²) in [6, 6.07) is 4.09.